The SMILES string of the molecule is CCCCNC(=O)CCCC(C)(C)c1ccc2c(c1)C(=O)c1cc(C(C)(C)CCCC(=O)NCCCC)ccc1C2=O. The summed E-state index contributed by atoms with van der Waals surface area (Å²) in [6, 6.07) is 11.2. The van der Waals surface area contributed by atoms with Crippen LogP contribution < -0.4 is 10.6 Å². The summed E-state index contributed by atoms with van der Waals surface area (Å²) in [7, 11) is 0. The molecule has 42 heavy (non-hydrogen) atoms. The molecule has 2 aromatic carbocycles. The van der Waals surface area contributed by atoms with Crippen LogP contribution in [-0.4, -0.2) is 36.5 Å². The maximum Gasteiger partial charge on any atom is 0.219 e. The molecule has 0 aliphatic heterocycles. The summed E-state index contributed by atoms with van der Waals surface area (Å²) in [5, 5.41) is 5.94. The molecule has 0 saturated heterocycles. The molecule has 6 nitrogen and oxygen atoms in total. The molecule has 1 aliphatic rings. The molecule has 2 N–H and O–H groups in total. The second-order valence-electron chi connectivity index (χ2n) is 13.1. The van der Waals surface area contributed by atoms with Crippen molar-refractivity contribution in [1.82, 2.24) is 10.6 Å². The maximum atomic E-state index is 13.8. The number of amides is 2. The van der Waals surface area contributed by atoms with E-state index in [2.05, 4.69) is 52.2 Å². The Balaban J connectivity index is 1.72. The zero-order chi connectivity index (χ0) is 30.9. The summed E-state index contributed by atoms with van der Waals surface area (Å²) in [5.74, 6) is -0.0894. The molecule has 2 aromatic rings. The molecule has 228 valence electrons. The third-order valence-electron chi connectivity index (χ3n) is 8.70. The van der Waals surface area contributed by atoms with Gasteiger partial charge in [-0.15, -0.1) is 0 Å². The van der Waals surface area contributed by atoms with Crippen LogP contribution in [0, 0.1) is 0 Å². The normalized spacial score (nSPS) is 13.0. The number of fused-ring (bicyclic) bond motifs is 2. The highest BCUT2D eigenvalue weighted by molar-refractivity contribution is 6.28. The molecule has 0 spiro atoms. The first kappa shape index (κ1) is 33.2. The third kappa shape index (κ3) is 8.39. The summed E-state index contributed by atoms with van der Waals surface area (Å²) in [5.41, 5.74) is 3.27. The maximum absolute atomic E-state index is 13.8. The van der Waals surface area contributed by atoms with Crippen LogP contribution >= 0.6 is 0 Å². The van der Waals surface area contributed by atoms with Gasteiger partial charge in [-0.2, -0.15) is 0 Å². The van der Waals surface area contributed by atoms with E-state index >= 15 is 0 Å². The third-order valence-corrected chi connectivity index (χ3v) is 8.70. The van der Waals surface area contributed by atoms with Crippen molar-refractivity contribution in [3.8, 4) is 0 Å². The summed E-state index contributed by atoms with van der Waals surface area (Å²) in [4.78, 5) is 51.6. The van der Waals surface area contributed by atoms with Crippen LogP contribution in [0.1, 0.15) is 149 Å². The van der Waals surface area contributed by atoms with Crippen molar-refractivity contribution in [2.45, 2.75) is 117 Å². The highest BCUT2D eigenvalue weighted by Crippen LogP contribution is 2.37. The van der Waals surface area contributed by atoms with Gasteiger partial charge in [0.2, 0.25) is 11.8 Å². The molecule has 2 amide bonds. The molecule has 3 rings (SSSR count). The van der Waals surface area contributed by atoms with Crippen LogP contribution in [0.4, 0.5) is 0 Å². The lowest BCUT2D eigenvalue weighted by atomic mass is 9.74. The van der Waals surface area contributed by atoms with Gasteiger partial charge in [0.25, 0.3) is 0 Å². The second-order valence-corrected chi connectivity index (χ2v) is 13.1. The summed E-state index contributed by atoms with van der Waals surface area (Å²) in [6.07, 6.45) is 8.11. The summed E-state index contributed by atoms with van der Waals surface area (Å²) >= 11 is 0. The van der Waals surface area contributed by atoms with Crippen molar-refractivity contribution in [3.63, 3.8) is 0 Å². The molecule has 0 saturated carbocycles. The van der Waals surface area contributed by atoms with Gasteiger partial charge in [-0.1, -0.05) is 66.5 Å². The first-order valence-corrected chi connectivity index (χ1v) is 15.8. The van der Waals surface area contributed by atoms with Crippen LogP contribution in [0.2, 0.25) is 0 Å². The molecular formula is C36H50N2O4. The van der Waals surface area contributed by atoms with Gasteiger partial charge in [-0.05, 0) is 84.7 Å². The fourth-order valence-corrected chi connectivity index (χ4v) is 5.65. The average molecular weight is 575 g/mol. The van der Waals surface area contributed by atoms with Gasteiger partial charge in [0.15, 0.2) is 11.6 Å². The van der Waals surface area contributed by atoms with Crippen LogP contribution in [0.5, 0.6) is 0 Å². The topological polar surface area (TPSA) is 92.3 Å². The Bertz CT molecular complexity index is 1200. The lowest BCUT2D eigenvalue weighted by Gasteiger charge is -2.29. The number of hydrogen-bond acceptors (Lipinski definition) is 4. The summed E-state index contributed by atoms with van der Waals surface area (Å²) in [6.45, 7) is 14.1. The fraction of sp³-hybridized carbons (Fsp3) is 0.556. The minimum Gasteiger partial charge on any atom is -0.356 e. The number of unbranched alkanes of at least 4 members (excludes halogenated alkanes) is 2. The van der Waals surface area contributed by atoms with Crippen molar-refractivity contribution in [2.75, 3.05) is 13.1 Å². The van der Waals surface area contributed by atoms with Crippen molar-refractivity contribution in [3.05, 3.63) is 69.8 Å². The van der Waals surface area contributed by atoms with Gasteiger partial charge in [-0.3, -0.25) is 19.2 Å². The summed E-state index contributed by atoms with van der Waals surface area (Å²) < 4.78 is 0. The Morgan fingerprint density at radius 2 is 0.976 bits per heavy atom. The molecule has 0 unspecified atom stereocenters. The number of hydrogen-bond donors (Lipinski definition) is 2. The van der Waals surface area contributed by atoms with Crippen LogP contribution in [0.25, 0.3) is 0 Å². The van der Waals surface area contributed by atoms with Gasteiger partial charge in [0.1, 0.15) is 0 Å². The monoisotopic (exact) mass is 574 g/mol. The number of nitrogens with one attached hydrogen (secondary N) is 2. The predicted octanol–water partition coefficient (Wildman–Crippen LogP) is 7.19. The molecule has 0 heterocycles. The van der Waals surface area contributed by atoms with E-state index < -0.39 is 0 Å². The number of rotatable bonds is 16. The van der Waals surface area contributed by atoms with Crippen molar-refractivity contribution in [2.24, 2.45) is 0 Å². The fourth-order valence-electron chi connectivity index (χ4n) is 5.65. The predicted molar refractivity (Wildman–Crippen MR) is 169 cm³/mol. The van der Waals surface area contributed by atoms with Crippen molar-refractivity contribution < 1.29 is 19.2 Å². The minimum absolute atomic E-state index is 0.0797. The van der Waals surface area contributed by atoms with E-state index in [1.54, 1.807) is 12.1 Å². The average Bonchev–Trinajstić information content (AvgIpc) is 2.95. The number of ketones is 2. The zero-order valence-electron chi connectivity index (χ0n) is 26.6. The van der Waals surface area contributed by atoms with E-state index in [4.69, 9.17) is 0 Å². The Morgan fingerprint density at radius 1 is 0.595 bits per heavy atom. The lowest BCUT2D eigenvalue weighted by Crippen LogP contribution is -2.26. The van der Waals surface area contributed by atoms with Gasteiger partial charge in [-0.25, -0.2) is 0 Å². The Kier molecular flexibility index (Phi) is 11.7. The Morgan fingerprint density at radius 3 is 1.36 bits per heavy atom. The first-order valence-electron chi connectivity index (χ1n) is 15.8. The Hall–Kier alpha value is -3.28. The molecular weight excluding hydrogens is 524 g/mol. The molecule has 0 aromatic heterocycles. The highest BCUT2D eigenvalue weighted by atomic mass is 16.2. The molecule has 0 fully saturated rings. The van der Waals surface area contributed by atoms with Crippen LogP contribution in [0.15, 0.2) is 36.4 Å². The van der Waals surface area contributed by atoms with E-state index in [1.165, 1.54) is 0 Å². The lowest BCUT2D eigenvalue weighted by molar-refractivity contribution is -0.122. The van der Waals surface area contributed by atoms with E-state index in [0.717, 1.165) is 75.6 Å². The standard InChI is InChI=1S/C36H50N2O4/c1-7-9-21-37-31(39)13-11-19-35(3,4)25-15-17-27-29(23-25)34(42)30-24-26(16-18-28(30)33(27)41)36(5,6)20-12-14-32(40)38-22-10-8-2/h15-18,23-24H,7-14,19-22H2,1-6H3,(H,37,39)(H,38,40). The minimum atomic E-state index is -0.255. The molecule has 0 radical (unpaired) electrons. The molecule has 0 atom stereocenters. The van der Waals surface area contributed by atoms with Gasteiger partial charge in [0.05, 0.1) is 0 Å². The number of carbonyl (C=O) groups excluding carboxylic acids is 4. The molecule has 1 aliphatic carbocycles. The number of benzene rings is 2. The quantitative estimate of drug-likeness (QED) is 0.177. The second kappa shape index (κ2) is 14.8. The number of carbonyl (C=O) groups is 4. The largest absolute Gasteiger partial charge is 0.356 e. The van der Waals surface area contributed by atoms with Gasteiger partial charge >= 0.3 is 0 Å². The molecule has 0 bridgehead atoms. The van der Waals surface area contributed by atoms with Gasteiger partial charge in [0, 0.05) is 48.2 Å². The Labute approximate surface area is 252 Å². The van der Waals surface area contributed by atoms with E-state index in [-0.39, 0.29) is 34.2 Å². The zero-order valence-corrected chi connectivity index (χ0v) is 26.6. The van der Waals surface area contributed by atoms with Crippen LogP contribution in [-0.2, 0) is 20.4 Å². The van der Waals surface area contributed by atoms with Gasteiger partial charge < -0.3 is 10.6 Å². The van der Waals surface area contributed by atoms with E-state index in [0.29, 0.717) is 35.1 Å². The van der Waals surface area contributed by atoms with E-state index in [9.17, 15) is 19.2 Å². The van der Waals surface area contributed by atoms with Crippen molar-refractivity contribution in [1.29, 1.82) is 0 Å². The first-order chi connectivity index (χ1) is 19.9. The van der Waals surface area contributed by atoms with Crippen molar-refractivity contribution >= 4 is 23.4 Å². The van der Waals surface area contributed by atoms with Crippen LogP contribution in [0.3, 0.4) is 0 Å². The molecule has 6 heteroatoms. The smallest absolute Gasteiger partial charge is 0.219 e. The highest BCUT2D eigenvalue weighted by Gasteiger charge is 2.33. The van der Waals surface area contributed by atoms with E-state index in [1.807, 2.05) is 24.3 Å².